The molecule has 0 aliphatic rings. The first-order chi connectivity index (χ1) is 16.4. The van der Waals surface area contributed by atoms with E-state index < -0.39 is 0 Å². The van der Waals surface area contributed by atoms with Crippen molar-refractivity contribution in [2.75, 3.05) is 7.11 Å². The summed E-state index contributed by atoms with van der Waals surface area (Å²) in [5, 5.41) is 12.6. The molecule has 0 aliphatic heterocycles. The van der Waals surface area contributed by atoms with E-state index in [9.17, 15) is 4.79 Å². The molecular weight excluding hydrogens is 454 g/mol. The van der Waals surface area contributed by atoms with Crippen molar-refractivity contribution in [1.82, 2.24) is 19.8 Å². The first-order valence-corrected chi connectivity index (χ1v) is 11.0. The largest absolute Gasteiger partial charge is 0.489 e. The summed E-state index contributed by atoms with van der Waals surface area (Å²) in [4.78, 5) is 17.5. The molecule has 0 amide bonds. The zero-order valence-electron chi connectivity index (χ0n) is 19.3. The predicted molar refractivity (Wildman–Crippen MR) is 131 cm³/mol. The molecule has 0 aliphatic carbocycles. The molecule has 0 atom stereocenters. The summed E-state index contributed by atoms with van der Waals surface area (Å²) in [5.74, 6) is 0.709. The van der Waals surface area contributed by atoms with E-state index in [1.54, 1.807) is 7.05 Å². The Hall–Kier alpha value is -3.91. The van der Waals surface area contributed by atoms with Gasteiger partial charge in [-0.1, -0.05) is 47.1 Å². The second-order valence-electron chi connectivity index (χ2n) is 7.74. The van der Waals surface area contributed by atoms with Crippen LogP contribution in [-0.4, -0.2) is 32.6 Å². The Labute approximate surface area is 202 Å². The molecule has 9 heteroatoms. The molecule has 0 saturated carbocycles. The van der Waals surface area contributed by atoms with Crippen molar-refractivity contribution in [3.05, 3.63) is 104 Å². The minimum Gasteiger partial charge on any atom is -0.489 e. The lowest BCUT2D eigenvalue weighted by Crippen LogP contribution is -2.23. The van der Waals surface area contributed by atoms with E-state index in [1.165, 1.54) is 16.5 Å². The van der Waals surface area contributed by atoms with Crippen LogP contribution in [0.3, 0.4) is 0 Å². The second-order valence-corrected chi connectivity index (χ2v) is 8.15. The van der Waals surface area contributed by atoms with Crippen LogP contribution in [0.2, 0.25) is 5.02 Å². The summed E-state index contributed by atoms with van der Waals surface area (Å²) in [6.45, 7) is 4.19. The van der Waals surface area contributed by atoms with Crippen LogP contribution in [0.15, 0.2) is 70.6 Å². The molecule has 1 heterocycles. The summed E-state index contributed by atoms with van der Waals surface area (Å²) in [5.41, 5.74) is 5.33. The number of aromatic nitrogens is 4. The normalized spacial score (nSPS) is 11.5. The molecule has 174 valence electrons. The highest BCUT2D eigenvalue weighted by Gasteiger charge is 2.16. The van der Waals surface area contributed by atoms with Crippen LogP contribution in [0.25, 0.3) is 5.69 Å². The molecule has 4 aromatic rings. The second kappa shape index (κ2) is 9.93. The van der Waals surface area contributed by atoms with Gasteiger partial charge in [-0.3, -0.25) is 0 Å². The van der Waals surface area contributed by atoms with Crippen molar-refractivity contribution >= 4 is 17.3 Å². The van der Waals surface area contributed by atoms with E-state index in [4.69, 9.17) is 21.2 Å². The van der Waals surface area contributed by atoms with Gasteiger partial charge >= 0.3 is 5.69 Å². The van der Waals surface area contributed by atoms with Gasteiger partial charge < -0.3 is 9.57 Å². The van der Waals surface area contributed by atoms with Crippen LogP contribution in [-0.2, 0) is 18.5 Å². The lowest BCUT2D eigenvalue weighted by molar-refractivity contribution is 0.214. The Morgan fingerprint density at radius 1 is 1.03 bits per heavy atom. The summed E-state index contributed by atoms with van der Waals surface area (Å²) < 4.78 is 8.63. The highest BCUT2D eigenvalue weighted by atomic mass is 35.5. The SMILES string of the molecule is CO/N=C(\c1ccc(OCc2c(C)cccc2-n2nnn(C)c2=O)c(C)c1)c1ccccc1Cl. The van der Waals surface area contributed by atoms with Gasteiger partial charge in [-0.15, -0.1) is 0 Å². The molecule has 8 nitrogen and oxygen atoms in total. The summed E-state index contributed by atoms with van der Waals surface area (Å²) in [7, 11) is 3.07. The number of ether oxygens (including phenoxy) is 1. The maximum Gasteiger partial charge on any atom is 0.368 e. The van der Waals surface area contributed by atoms with Gasteiger partial charge in [0.05, 0.1) is 10.7 Å². The zero-order valence-corrected chi connectivity index (χ0v) is 20.1. The van der Waals surface area contributed by atoms with Crippen LogP contribution in [0, 0.1) is 13.8 Å². The number of hydrogen-bond acceptors (Lipinski definition) is 6. The molecule has 1 aromatic heterocycles. The minimum atomic E-state index is -0.322. The Morgan fingerprint density at radius 3 is 2.50 bits per heavy atom. The van der Waals surface area contributed by atoms with Gasteiger partial charge in [0.1, 0.15) is 25.2 Å². The molecule has 0 spiro atoms. The average molecular weight is 478 g/mol. The Balaban J connectivity index is 1.63. The topological polar surface area (TPSA) is 83.5 Å². The quantitative estimate of drug-likeness (QED) is 0.294. The van der Waals surface area contributed by atoms with E-state index in [1.807, 2.05) is 74.5 Å². The molecule has 0 fully saturated rings. The van der Waals surface area contributed by atoms with Crippen molar-refractivity contribution in [2.45, 2.75) is 20.5 Å². The van der Waals surface area contributed by atoms with Gasteiger partial charge in [-0.2, -0.15) is 9.36 Å². The average Bonchev–Trinajstić information content (AvgIpc) is 3.16. The van der Waals surface area contributed by atoms with Gasteiger partial charge in [-0.25, -0.2) is 4.79 Å². The highest BCUT2D eigenvalue weighted by Crippen LogP contribution is 2.26. The fourth-order valence-electron chi connectivity index (χ4n) is 3.65. The number of rotatable bonds is 7. The van der Waals surface area contributed by atoms with Gasteiger partial charge in [0.25, 0.3) is 0 Å². The standard InChI is InChI=1S/C25H24ClN5O3/c1-16-8-7-11-22(31-25(32)30(3)28-29-31)20(16)15-34-23-13-12-18(14-17(23)2)24(27-33-4)19-9-5-6-10-21(19)26/h5-14H,15H2,1-4H3/b27-24+. The van der Waals surface area contributed by atoms with Gasteiger partial charge in [0.15, 0.2) is 0 Å². The van der Waals surface area contributed by atoms with Crippen molar-refractivity contribution in [1.29, 1.82) is 0 Å². The maximum absolute atomic E-state index is 12.4. The third-order valence-electron chi connectivity index (χ3n) is 5.47. The molecule has 34 heavy (non-hydrogen) atoms. The molecule has 0 bridgehead atoms. The van der Waals surface area contributed by atoms with E-state index in [-0.39, 0.29) is 12.3 Å². The minimum absolute atomic E-state index is 0.259. The van der Waals surface area contributed by atoms with Crippen molar-refractivity contribution < 1.29 is 9.57 Å². The van der Waals surface area contributed by atoms with E-state index >= 15 is 0 Å². The molecule has 0 radical (unpaired) electrons. The lowest BCUT2D eigenvalue weighted by Gasteiger charge is -2.15. The Morgan fingerprint density at radius 2 is 1.82 bits per heavy atom. The lowest BCUT2D eigenvalue weighted by atomic mass is 10.0. The van der Waals surface area contributed by atoms with Crippen molar-refractivity contribution in [2.24, 2.45) is 12.2 Å². The van der Waals surface area contributed by atoms with E-state index in [0.29, 0.717) is 22.2 Å². The third kappa shape index (κ3) is 4.58. The van der Waals surface area contributed by atoms with Crippen LogP contribution in [0.1, 0.15) is 27.8 Å². The van der Waals surface area contributed by atoms with Gasteiger partial charge in [0.2, 0.25) is 0 Å². The van der Waals surface area contributed by atoms with Crippen LogP contribution in [0.4, 0.5) is 0 Å². The van der Waals surface area contributed by atoms with Crippen molar-refractivity contribution in [3.63, 3.8) is 0 Å². The fourth-order valence-corrected chi connectivity index (χ4v) is 3.87. The summed E-state index contributed by atoms with van der Waals surface area (Å²) >= 11 is 6.39. The molecule has 4 rings (SSSR count). The van der Waals surface area contributed by atoms with E-state index in [2.05, 4.69) is 15.6 Å². The predicted octanol–water partition coefficient (Wildman–Crippen LogP) is 4.21. The number of tetrazole rings is 1. The van der Waals surface area contributed by atoms with Crippen LogP contribution in [0.5, 0.6) is 5.75 Å². The Bertz CT molecular complexity index is 1420. The fraction of sp³-hybridized carbons (Fsp3) is 0.200. The first-order valence-electron chi connectivity index (χ1n) is 10.6. The number of benzene rings is 3. The first kappa shape index (κ1) is 23.3. The maximum atomic E-state index is 12.4. The van der Waals surface area contributed by atoms with Crippen LogP contribution < -0.4 is 10.4 Å². The molecule has 3 aromatic carbocycles. The molecular formula is C25H24ClN5O3. The number of oxime groups is 1. The van der Waals surface area contributed by atoms with Crippen LogP contribution >= 0.6 is 11.6 Å². The number of nitrogens with zero attached hydrogens (tertiary/aromatic N) is 5. The van der Waals surface area contributed by atoms with Gasteiger partial charge in [-0.05, 0) is 65.7 Å². The Kier molecular flexibility index (Phi) is 6.79. The van der Waals surface area contributed by atoms with E-state index in [0.717, 1.165) is 27.8 Å². The summed E-state index contributed by atoms with van der Waals surface area (Å²) in [6, 6.07) is 18.9. The molecule has 0 N–H and O–H groups in total. The zero-order chi connectivity index (χ0) is 24.2. The van der Waals surface area contributed by atoms with Gasteiger partial charge in [0, 0.05) is 23.7 Å². The number of halogens is 1. The molecule has 0 saturated heterocycles. The molecule has 0 unspecified atom stereocenters. The number of aryl methyl sites for hydroxylation is 3. The highest BCUT2D eigenvalue weighted by molar-refractivity contribution is 6.35. The number of hydrogen-bond donors (Lipinski definition) is 0. The monoisotopic (exact) mass is 477 g/mol. The van der Waals surface area contributed by atoms with Crippen molar-refractivity contribution in [3.8, 4) is 11.4 Å². The summed E-state index contributed by atoms with van der Waals surface area (Å²) in [6.07, 6.45) is 0. The third-order valence-corrected chi connectivity index (χ3v) is 5.80. The smallest absolute Gasteiger partial charge is 0.368 e.